The Morgan fingerprint density at radius 3 is 2.67 bits per heavy atom. The highest BCUT2D eigenvalue weighted by Crippen LogP contribution is 2.35. The zero-order valence-corrected chi connectivity index (χ0v) is 11.5. The number of methoxy groups -OCH3 is 1. The summed E-state index contributed by atoms with van der Waals surface area (Å²) < 4.78 is 29.7. The lowest BCUT2D eigenvalue weighted by Crippen LogP contribution is -2.29. The second kappa shape index (κ2) is 5.61. The highest BCUT2D eigenvalue weighted by atomic mass is 32.2. The Hall–Kier alpha value is -1.23. The third-order valence-corrected chi connectivity index (χ3v) is 5.45. The molecule has 102 valence electrons. The van der Waals surface area contributed by atoms with Gasteiger partial charge in [0.2, 0.25) is 0 Å². The van der Waals surface area contributed by atoms with Crippen molar-refractivity contribution in [3.05, 3.63) is 16.2 Å². The average Bonchev–Trinajstić information content (AvgIpc) is 2.68. The third kappa shape index (κ3) is 2.96. The molecule has 1 heterocycles. The molecule has 1 aromatic heterocycles. The average molecular weight is 295 g/mol. The summed E-state index contributed by atoms with van der Waals surface area (Å²) in [7, 11) is -0.935. The molecule has 0 saturated carbocycles. The molecule has 0 amide bonds. The van der Waals surface area contributed by atoms with Gasteiger partial charge in [-0.3, -0.25) is 10.1 Å². The van der Waals surface area contributed by atoms with E-state index >= 15 is 0 Å². The molecule has 0 spiro atoms. The fourth-order valence-electron chi connectivity index (χ4n) is 1.14. The summed E-state index contributed by atoms with van der Waals surface area (Å²) in [4.78, 5) is 9.90. The first-order valence-electron chi connectivity index (χ1n) is 4.79. The molecular formula is C8H13N3O5S2. The Labute approximate surface area is 108 Å². The van der Waals surface area contributed by atoms with Crippen LogP contribution in [0, 0.1) is 10.1 Å². The number of sulfonamides is 1. The molecule has 0 radical (unpaired) electrons. The maximum atomic E-state index is 12.0. The first-order chi connectivity index (χ1) is 8.30. The molecule has 0 aliphatic rings. The van der Waals surface area contributed by atoms with Gasteiger partial charge < -0.3 is 10.5 Å². The van der Waals surface area contributed by atoms with E-state index in [1.165, 1.54) is 14.2 Å². The number of anilines is 1. The predicted molar refractivity (Wildman–Crippen MR) is 67.1 cm³/mol. The largest absolute Gasteiger partial charge is 0.385 e. The standard InChI is InChI=1S/C8H13N3O5S2/c1-10(3-4-16-2)18(14,15)7-5-6(11(12)13)8(9)17-7/h5H,3-4,9H2,1-2H3. The SMILES string of the molecule is COCCN(C)S(=O)(=O)c1cc([N+](=O)[O-])c(N)s1. The lowest BCUT2D eigenvalue weighted by Gasteiger charge is -2.14. The number of rotatable bonds is 6. The summed E-state index contributed by atoms with van der Waals surface area (Å²) in [6.07, 6.45) is 0. The van der Waals surface area contributed by atoms with E-state index < -0.39 is 20.6 Å². The Bertz CT molecular complexity index is 539. The van der Waals surface area contributed by atoms with E-state index in [1.807, 2.05) is 0 Å². The monoisotopic (exact) mass is 295 g/mol. The number of ether oxygens (including phenoxy) is 1. The van der Waals surface area contributed by atoms with Crippen molar-refractivity contribution >= 4 is 32.0 Å². The van der Waals surface area contributed by atoms with Crippen LogP contribution in [0.4, 0.5) is 10.7 Å². The van der Waals surface area contributed by atoms with E-state index in [0.29, 0.717) is 11.3 Å². The van der Waals surface area contributed by atoms with Gasteiger partial charge in [0.25, 0.3) is 10.0 Å². The van der Waals surface area contributed by atoms with E-state index in [0.717, 1.165) is 10.4 Å². The molecule has 1 rings (SSSR count). The van der Waals surface area contributed by atoms with Crippen molar-refractivity contribution in [2.24, 2.45) is 0 Å². The lowest BCUT2D eigenvalue weighted by atomic mass is 10.5. The zero-order chi connectivity index (χ0) is 13.9. The summed E-state index contributed by atoms with van der Waals surface area (Å²) in [5.74, 6) is 0. The Kier molecular flexibility index (Phi) is 4.62. The van der Waals surface area contributed by atoms with Crippen LogP contribution in [-0.2, 0) is 14.8 Å². The fourth-order valence-corrected chi connectivity index (χ4v) is 3.72. The van der Waals surface area contributed by atoms with Crippen molar-refractivity contribution in [3.8, 4) is 0 Å². The van der Waals surface area contributed by atoms with Gasteiger partial charge in [-0.2, -0.15) is 4.31 Å². The summed E-state index contributed by atoms with van der Waals surface area (Å²) in [5, 5.41) is 10.5. The highest BCUT2D eigenvalue weighted by molar-refractivity contribution is 7.91. The number of likely N-dealkylation sites (N-methyl/N-ethyl adjacent to an activating group) is 1. The first kappa shape index (κ1) is 14.8. The smallest absolute Gasteiger partial charge is 0.304 e. The summed E-state index contributed by atoms with van der Waals surface area (Å²) >= 11 is 0.677. The molecule has 0 bridgehead atoms. The zero-order valence-electron chi connectivity index (χ0n) is 9.82. The van der Waals surface area contributed by atoms with Crippen molar-refractivity contribution in [1.82, 2.24) is 4.31 Å². The van der Waals surface area contributed by atoms with E-state index in [-0.39, 0.29) is 22.4 Å². The van der Waals surface area contributed by atoms with E-state index in [4.69, 9.17) is 10.5 Å². The number of nitrogens with two attached hydrogens (primary N) is 1. The molecule has 0 unspecified atom stereocenters. The first-order valence-corrected chi connectivity index (χ1v) is 7.05. The van der Waals surface area contributed by atoms with Crippen molar-refractivity contribution in [1.29, 1.82) is 0 Å². The molecule has 0 fully saturated rings. The van der Waals surface area contributed by atoms with Crippen LogP contribution in [0.2, 0.25) is 0 Å². The Balaban J connectivity index is 3.05. The minimum absolute atomic E-state index is 0.126. The maximum Gasteiger partial charge on any atom is 0.304 e. The molecule has 0 aliphatic heterocycles. The molecule has 0 aliphatic carbocycles. The molecule has 0 saturated heterocycles. The normalized spacial score (nSPS) is 11.9. The van der Waals surface area contributed by atoms with Crippen LogP contribution in [0.25, 0.3) is 0 Å². The van der Waals surface area contributed by atoms with Crippen molar-refractivity contribution in [3.63, 3.8) is 0 Å². The fraction of sp³-hybridized carbons (Fsp3) is 0.500. The van der Waals surface area contributed by atoms with Crippen molar-refractivity contribution < 1.29 is 18.1 Å². The number of nitrogens with zero attached hydrogens (tertiary/aromatic N) is 2. The Morgan fingerprint density at radius 2 is 2.22 bits per heavy atom. The van der Waals surface area contributed by atoms with Crippen LogP contribution in [0.15, 0.2) is 10.3 Å². The maximum absolute atomic E-state index is 12.0. The van der Waals surface area contributed by atoms with E-state index in [2.05, 4.69) is 0 Å². The molecular weight excluding hydrogens is 282 g/mol. The van der Waals surface area contributed by atoms with Gasteiger partial charge in [-0.25, -0.2) is 8.42 Å². The highest BCUT2D eigenvalue weighted by Gasteiger charge is 2.27. The topological polar surface area (TPSA) is 116 Å². The number of nitrogen functional groups attached to an aromatic ring is 1. The van der Waals surface area contributed by atoms with Crippen LogP contribution < -0.4 is 5.73 Å². The van der Waals surface area contributed by atoms with Gasteiger partial charge in [-0.1, -0.05) is 11.3 Å². The molecule has 0 aromatic carbocycles. The second-order valence-electron chi connectivity index (χ2n) is 3.39. The predicted octanol–water partition coefficient (Wildman–Crippen LogP) is 0.505. The van der Waals surface area contributed by atoms with Gasteiger partial charge in [0.1, 0.15) is 4.21 Å². The molecule has 8 nitrogen and oxygen atoms in total. The quantitative estimate of drug-likeness (QED) is 0.603. The summed E-state index contributed by atoms with van der Waals surface area (Å²) in [6.45, 7) is 0.392. The van der Waals surface area contributed by atoms with Crippen LogP contribution in [0.5, 0.6) is 0 Å². The molecule has 10 heteroatoms. The molecule has 18 heavy (non-hydrogen) atoms. The number of hydrogen-bond acceptors (Lipinski definition) is 7. The van der Waals surface area contributed by atoms with Crippen molar-refractivity contribution in [2.45, 2.75) is 4.21 Å². The third-order valence-electron chi connectivity index (χ3n) is 2.19. The van der Waals surface area contributed by atoms with E-state index in [9.17, 15) is 18.5 Å². The van der Waals surface area contributed by atoms with Crippen LogP contribution >= 0.6 is 11.3 Å². The second-order valence-corrected chi connectivity index (χ2v) is 6.75. The Morgan fingerprint density at radius 1 is 1.61 bits per heavy atom. The van der Waals surface area contributed by atoms with Gasteiger partial charge in [0.15, 0.2) is 5.00 Å². The minimum atomic E-state index is -3.76. The van der Waals surface area contributed by atoms with Crippen LogP contribution in [0.3, 0.4) is 0 Å². The minimum Gasteiger partial charge on any atom is -0.385 e. The summed E-state index contributed by atoms with van der Waals surface area (Å²) in [5.41, 5.74) is 5.02. The van der Waals surface area contributed by atoms with Gasteiger partial charge in [0, 0.05) is 26.8 Å². The van der Waals surface area contributed by atoms with Crippen LogP contribution in [0.1, 0.15) is 0 Å². The summed E-state index contributed by atoms with van der Waals surface area (Å²) in [6, 6.07) is 0.971. The molecule has 2 N–H and O–H groups in total. The lowest BCUT2D eigenvalue weighted by molar-refractivity contribution is -0.383. The van der Waals surface area contributed by atoms with Gasteiger partial charge in [0.05, 0.1) is 11.5 Å². The number of nitro groups is 1. The van der Waals surface area contributed by atoms with Gasteiger partial charge in [-0.05, 0) is 0 Å². The van der Waals surface area contributed by atoms with Gasteiger partial charge in [-0.15, -0.1) is 0 Å². The van der Waals surface area contributed by atoms with E-state index in [1.54, 1.807) is 0 Å². The molecule has 0 atom stereocenters. The van der Waals surface area contributed by atoms with Crippen molar-refractivity contribution in [2.75, 3.05) is 33.0 Å². The number of hydrogen-bond donors (Lipinski definition) is 1. The van der Waals surface area contributed by atoms with Gasteiger partial charge >= 0.3 is 5.69 Å². The number of thiophene rings is 1. The molecule has 1 aromatic rings. The van der Waals surface area contributed by atoms with Crippen LogP contribution in [-0.4, -0.2) is 45.0 Å².